The van der Waals surface area contributed by atoms with E-state index in [-0.39, 0.29) is 23.0 Å². The van der Waals surface area contributed by atoms with E-state index in [0.29, 0.717) is 0 Å². The Bertz CT molecular complexity index is 2190. The largest absolute Gasteiger partial charge is 0.468 e. The predicted octanol–water partition coefficient (Wildman–Crippen LogP) is 10.4. The smallest absolute Gasteiger partial charge is 0.297 e. The number of fused-ring (bicyclic) bond motifs is 6. The summed E-state index contributed by atoms with van der Waals surface area (Å²) in [6.45, 7) is 20.5. The molecule has 0 fully saturated rings. The van der Waals surface area contributed by atoms with Crippen LogP contribution in [-0.2, 0) is 16.2 Å². The Morgan fingerprint density at radius 1 is 0.500 bits per heavy atom. The molecule has 0 bridgehead atoms. The van der Waals surface area contributed by atoms with E-state index in [1.54, 1.807) is 0 Å². The monoisotopic (exact) mass is 628 g/mol. The van der Waals surface area contributed by atoms with Crippen molar-refractivity contribution in [3.63, 3.8) is 0 Å². The van der Waals surface area contributed by atoms with Crippen molar-refractivity contribution in [3.05, 3.63) is 126 Å². The fourth-order valence-electron chi connectivity index (χ4n) is 7.61. The quantitative estimate of drug-likeness (QED) is 0.178. The van der Waals surface area contributed by atoms with Gasteiger partial charge in [-0.3, -0.25) is 0 Å². The molecule has 0 amide bonds. The summed E-state index contributed by atoms with van der Waals surface area (Å²) in [6, 6.07) is 40.7. The number of rotatable bonds is 2. The SMILES string of the molecule is CC(C)(C)c1ccc(N2c3ccc(C(C)(C)C)cc3B3c4oc5ccccc5c4N(c4ccc(C(C)(C)C)cc4)c4cccc2c43)cc1. The lowest BCUT2D eigenvalue weighted by atomic mass is 9.35. The zero-order valence-electron chi connectivity index (χ0n) is 29.8. The van der Waals surface area contributed by atoms with Gasteiger partial charge in [-0.15, -0.1) is 0 Å². The number of benzene rings is 5. The second-order valence-corrected chi connectivity index (χ2v) is 16.7. The van der Waals surface area contributed by atoms with E-state index in [0.717, 1.165) is 33.7 Å². The molecule has 0 aliphatic carbocycles. The van der Waals surface area contributed by atoms with Gasteiger partial charge in [-0.1, -0.05) is 117 Å². The Morgan fingerprint density at radius 3 is 1.60 bits per heavy atom. The molecule has 2 aliphatic rings. The summed E-state index contributed by atoms with van der Waals surface area (Å²) < 4.78 is 6.99. The van der Waals surface area contributed by atoms with Crippen molar-refractivity contribution >= 4 is 68.4 Å². The van der Waals surface area contributed by atoms with Gasteiger partial charge in [0.15, 0.2) is 0 Å². The second-order valence-electron chi connectivity index (χ2n) is 16.7. The van der Waals surface area contributed by atoms with E-state index < -0.39 is 0 Å². The lowest BCUT2D eigenvalue weighted by Crippen LogP contribution is -2.61. The standard InChI is InChI=1S/C44H45BN2O/c1-42(2,3)28-17-22-31(23-18-28)46-35-26-21-30(44(7,8)9)27-34(35)45-39-36(46)14-12-15-37(39)47(32-24-19-29(20-25-32)43(4,5)6)40-33-13-10-11-16-38(33)48-41(40)45/h10-27H,1-9H3. The maximum absolute atomic E-state index is 6.99. The molecule has 2 aliphatic heterocycles. The van der Waals surface area contributed by atoms with Gasteiger partial charge in [0.25, 0.3) is 6.71 Å². The van der Waals surface area contributed by atoms with Crippen LogP contribution in [-0.4, -0.2) is 6.71 Å². The zero-order valence-corrected chi connectivity index (χ0v) is 29.8. The fraction of sp³-hybridized carbons (Fsp3) is 0.273. The maximum atomic E-state index is 6.99. The Morgan fingerprint density at radius 2 is 1.02 bits per heavy atom. The lowest BCUT2D eigenvalue weighted by molar-refractivity contribution is 0.590. The highest BCUT2D eigenvalue weighted by molar-refractivity contribution is 7.00. The molecule has 0 unspecified atom stereocenters. The first kappa shape index (κ1) is 30.6. The highest BCUT2D eigenvalue weighted by Crippen LogP contribution is 2.47. The van der Waals surface area contributed by atoms with Gasteiger partial charge in [-0.05, 0) is 98.5 Å². The maximum Gasteiger partial charge on any atom is 0.297 e. The summed E-state index contributed by atoms with van der Waals surface area (Å²) in [5.41, 5.74) is 15.6. The molecule has 0 N–H and O–H groups in total. The molecule has 4 heteroatoms. The van der Waals surface area contributed by atoms with Crippen LogP contribution >= 0.6 is 0 Å². The first-order valence-electron chi connectivity index (χ1n) is 17.3. The van der Waals surface area contributed by atoms with Crippen LogP contribution in [0.3, 0.4) is 0 Å². The molecule has 240 valence electrons. The van der Waals surface area contributed by atoms with Gasteiger partial charge in [0.1, 0.15) is 5.58 Å². The van der Waals surface area contributed by atoms with Crippen LogP contribution in [0.2, 0.25) is 0 Å². The summed E-state index contributed by atoms with van der Waals surface area (Å²) in [4.78, 5) is 4.92. The number of hydrogen-bond donors (Lipinski definition) is 0. The van der Waals surface area contributed by atoms with E-state index >= 15 is 0 Å². The molecule has 8 rings (SSSR count). The number of anilines is 6. The molecule has 1 aromatic heterocycles. The van der Waals surface area contributed by atoms with Gasteiger partial charge in [0, 0.05) is 33.8 Å². The lowest BCUT2D eigenvalue weighted by Gasteiger charge is -2.43. The van der Waals surface area contributed by atoms with Gasteiger partial charge < -0.3 is 14.2 Å². The topological polar surface area (TPSA) is 19.6 Å². The molecular formula is C44H45BN2O. The minimum Gasteiger partial charge on any atom is -0.468 e. The van der Waals surface area contributed by atoms with Gasteiger partial charge in [-0.25, -0.2) is 0 Å². The van der Waals surface area contributed by atoms with E-state index in [1.165, 1.54) is 44.7 Å². The van der Waals surface area contributed by atoms with Gasteiger partial charge in [0.05, 0.1) is 11.3 Å². The van der Waals surface area contributed by atoms with Gasteiger partial charge in [-0.2, -0.15) is 0 Å². The second kappa shape index (κ2) is 10.4. The Hall–Kier alpha value is -4.70. The minimum absolute atomic E-state index is 0.000220. The number of para-hydroxylation sites is 1. The number of nitrogens with zero attached hydrogens (tertiary/aromatic N) is 2. The van der Waals surface area contributed by atoms with Crippen LogP contribution in [0.1, 0.15) is 79.0 Å². The molecule has 0 radical (unpaired) electrons. The molecule has 5 aromatic carbocycles. The number of furan rings is 1. The minimum atomic E-state index is -0.0499. The van der Waals surface area contributed by atoms with Crippen molar-refractivity contribution in [2.45, 2.75) is 78.6 Å². The third-order valence-corrected chi connectivity index (χ3v) is 10.3. The van der Waals surface area contributed by atoms with Gasteiger partial charge in [0.2, 0.25) is 0 Å². The highest BCUT2D eigenvalue weighted by atomic mass is 16.3. The van der Waals surface area contributed by atoms with Crippen molar-refractivity contribution in [2.24, 2.45) is 0 Å². The summed E-state index contributed by atoms with van der Waals surface area (Å²) >= 11 is 0. The third-order valence-electron chi connectivity index (χ3n) is 10.3. The highest BCUT2D eigenvalue weighted by Gasteiger charge is 2.46. The molecule has 0 saturated carbocycles. The van der Waals surface area contributed by atoms with Crippen LogP contribution in [0.4, 0.5) is 34.1 Å². The van der Waals surface area contributed by atoms with E-state index in [1.807, 2.05) is 0 Å². The molecular weight excluding hydrogens is 583 g/mol. The van der Waals surface area contributed by atoms with E-state index in [2.05, 4.69) is 181 Å². The molecule has 0 atom stereocenters. The summed E-state index contributed by atoms with van der Waals surface area (Å²) in [5, 5.41) is 1.14. The van der Waals surface area contributed by atoms with Crippen LogP contribution in [0.5, 0.6) is 0 Å². The van der Waals surface area contributed by atoms with Crippen LogP contribution in [0.15, 0.2) is 114 Å². The molecule has 0 saturated heterocycles. The average Bonchev–Trinajstić information content (AvgIpc) is 3.42. The first-order valence-corrected chi connectivity index (χ1v) is 17.3. The normalized spacial score (nSPS) is 14.2. The first-order chi connectivity index (χ1) is 22.7. The van der Waals surface area contributed by atoms with Crippen molar-refractivity contribution in [2.75, 3.05) is 9.80 Å². The van der Waals surface area contributed by atoms with Crippen molar-refractivity contribution < 1.29 is 4.42 Å². The average molecular weight is 629 g/mol. The zero-order chi connectivity index (χ0) is 33.7. The van der Waals surface area contributed by atoms with Crippen molar-refractivity contribution in [1.29, 1.82) is 0 Å². The summed E-state index contributed by atoms with van der Waals surface area (Å²) in [6.07, 6.45) is 0. The van der Waals surface area contributed by atoms with Crippen molar-refractivity contribution in [1.82, 2.24) is 0 Å². The fourth-order valence-corrected chi connectivity index (χ4v) is 7.61. The molecule has 0 spiro atoms. The Kier molecular flexibility index (Phi) is 6.64. The predicted molar refractivity (Wildman–Crippen MR) is 206 cm³/mol. The van der Waals surface area contributed by atoms with Crippen LogP contribution < -0.4 is 26.4 Å². The molecule has 6 aromatic rings. The number of hydrogen-bond acceptors (Lipinski definition) is 3. The van der Waals surface area contributed by atoms with E-state index in [9.17, 15) is 0 Å². The Balaban J connectivity index is 1.43. The summed E-state index contributed by atoms with van der Waals surface area (Å²) in [5.74, 6) is 0. The third kappa shape index (κ3) is 4.71. The van der Waals surface area contributed by atoms with E-state index in [4.69, 9.17) is 4.42 Å². The molecule has 48 heavy (non-hydrogen) atoms. The summed E-state index contributed by atoms with van der Waals surface area (Å²) in [7, 11) is 0. The molecule has 3 heterocycles. The van der Waals surface area contributed by atoms with Gasteiger partial charge >= 0.3 is 0 Å². The molecule has 3 nitrogen and oxygen atoms in total. The Labute approximate surface area is 286 Å². The van der Waals surface area contributed by atoms with Crippen LogP contribution in [0, 0.1) is 0 Å². The van der Waals surface area contributed by atoms with Crippen LogP contribution in [0.25, 0.3) is 11.0 Å². The van der Waals surface area contributed by atoms with Crippen molar-refractivity contribution in [3.8, 4) is 0 Å².